The van der Waals surface area contributed by atoms with E-state index in [4.69, 9.17) is 4.74 Å². The molecule has 1 N–H and O–H groups in total. The lowest BCUT2D eigenvalue weighted by atomic mass is 10.2. The van der Waals surface area contributed by atoms with Crippen molar-refractivity contribution in [3.8, 4) is 5.75 Å². The van der Waals surface area contributed by atoms with Gasteiger partial charge in [0.15, 0.2) is 0 Å². The second-order valence-electron chi connectivity index (χ2n) is 3.69. The Labute approximate surface area is 110 Å². The third-order valence-corrected chi connectivity index (χ3v) is 3.31. The van der Waals surface area contributed by atoms with Gasteiger partial charge < -0.3 is 10.1 Å². The molecule has 0 aliphatic carbocycles. The van der Waals surface area contributed by atoms with Gasteiger partial charge in [-0.25, -0.2) is 0 Å². The normalized spacial score (nSPS) is 10.1. The molecule has 0 spiro atoms. The minimum Gasteiger partial charge on any atom is -0.493 e. The number of rotatable bonds is 5. The third-order valence-electron chi connectivity index (χ3n) is 2.43. The van der Waals surface area contributed by atoms with E-state index in [0.29, 0.717) is 24.5 Å². The number of para-hydroxylation sites is 1. The average molecular weight is 261 g/mol. The van der Waals surface area contributed by atoms with Gasteiger partial charge in [0.1, 0.15) is 5.75 Å². The highest BCUT2D eigenvalue weighted by atomic mass is 32.1. The predicted molar refractivity (Wildman–Crippen MR) is 73.1 cm³/mol. The van der Waals surface area contributed by atoms with Crippen molar-refractivity contribution >= 4 is 17.2 Å². The lowest BCUT2D eigenvalue weighted by molar-refractivity contribution is 0.0947. The zero-order valence-corrected chi connectivity index (χ0v) is 11.0. The molecule has 0 saturated heterocycles. The number of amides is 1. The number of ether oxygens (including phenoxy) is 1. The molecule has 3 nitrogen and oxygen atoms in total. The van der Waals surface area contributed by atoms with Crippen LogP contribution in [-0.2, 0) is 6.54 Å². The molecule has 0 saturated carbocycles. The molecule has 1 aromatic heterocycles. The summed E-state index contributed by atoms with van der Waals surface area (Å²) in [6.45, 7) is 3.01. The fourth-order valence-corrected chi connectivity index (χ4v) is 2.26. The Kier molecular flexibility index (Phi) is 4.36. The van der Waals surface area contributed by atoms with Gasteiger partial charge in [0.2, 0.25) is 0 Å². The van der Waals surface area contributed by atoms with Gasteiger partial charge in [-0.05, 0) is 30.5 Å². The van der Waals surface area contributed by atoms with Crippen LogP contribution in [0.5, 0.6) is 5.75 Å². The van der Waals surface area contributed by atoms with Crippen molar-refractivity contribution in [2.24, 2.45) is 0 Å². The molecule has 0 radical (unpaired) electrons. The maximum Gasteiger partial charge on any atom is 0.255 e. The first-order chi connectivity index (χ1) is 8.81. The molecule has 0 fully saturated rings. The second-order valence-corrected chi connectivity index (χ2v) is 4.72. The largest absolute Gasteiger partial charge is 0.493 e. The van der Waals surface area contributed by atoms with E-state index in [1.807, 2.05) is 42.6 Å². The number of thiophene rings is 1. The molecule has 1 heterocycles. The number of hydrogen-bond donors (Lipinski definition) is 1. The Balaban J connectivity index is 2.04. The summed E-state index contributed by atoms with van der Waals surface area (Å²) in [5.41, 5.74) is 0.580. The van der Waals surface area contributed by atoms with E-state index in [-0.39, 0.29) is 5.91 Å². The molecule has 1 aromatic carbocycles. The van der Waals surface area contributed by atoms with Gasteiger partial charge in [0, 0.05) is 4.88 Å². The van der Waals surface area contributed by atoms with Crippen LogP contribution >= 0.6 is 11.3 Å². The fourth-order valence-electron chi connectivity index (χ4n) is 1.61. The highest BCUT2D eigenvalue weighted by Gasteiger charge is 2.11. The van der Waals surface area contributed by atoms with Gasteiger partial charge in [-0.15, -0.1) is 11.3 Å². The molecule has 18 heavy (non-hydrogen) atoms. The Morgan fingerprint density at radius 3 is 2.83 bits per heavy atom. The topological polar surface area (TPSA) is 38.3 Å². The summed E-state index contributed by atoms with van der Waals surface area (Å²) in [6, 6.07) is 11.3. The number of hydrogen-bond acceptors (Lipinski definition) is 3. The molecule has 0 atom stereocenters. The Bertz CT molecular complexity index is 508. The van der Waals surface area contributed by atoms with E-state index in [9.17, 15) is 4.79 Å². The summed E-state index contributed by atoms with van der Waals surface area (Å²) in [4.78, 5) is 13.2. The van der Waals surface area contributed by atoms with Crippen molar-refractivity contribution in [1.29, 1.82) is 0 Å². The number of nitrogens with one attached hydrogen (secondary N) is 1. The summed E-state index contributed by atoms with van der Waals surface area (Å²) >= 11 is 1.63. The lowest BCUT2D eigenvalue weighted by Gasteiger charge is -2.09. The molecule has 2 aromatic rings. The number of carbonyl (C=O) groups is 1. The van der Waals surface area contributed by atoms with Crippen molar-refractivity contribution in [1.82, 2.24) is 5.32 Å². The van der Waals surface area contributed by atoms with Gasteiger partial charge in [-0.2, -0.15) is 0 Å². The van der Waals surface area contributed by atoms with Crippen LogP contribution in [0.25, 0.3) is 0 Å². The highest BCUT2D eigenvalue weighted by Crippen LogP contribution is 2.18. The minimum atomic E-state index is -0.104. The molecular formula is C14H15NO2S. The van der Waals surface area contributed by atoms with E-state index < -0.39 is 0 Å². The van der Waals surface area contributed by atoms with E-state index in [2.05, 4.69) is 5.32 Å². The summed E-state index contributed by atoms with van der Waals surface area (Å²) in [5.74, 6) is 0.524. The van der Waals surface area contributed by atoms with Crippen LogP contribution in [0, 0.1) is 0 Å². The van der Waals surface area contributed by atoms with Crippen LogP contribution in [0.4, 0.5) is 0 Å². The maximum atomic E-state index is 12.0. The van der Waals surface area contributed by atoms with E-state index >= 15 is 0 Å². The zero-order valence-electron chi connectivity index (χ0n) is 10.2. The van der Waals surface area contributed by atoms with Gasteiger partial charge in [-0.3, -0.25) is 4.79 Å². The first kappa shape index (κ1) is 12.6. The van der Waals surface area contributed by atoms with Crippen molar-refractivity contribution in [3.63, 3.8) is 0 Å². The van der Waals surface area contributed by atoms with Crippen molar-refractivity contribution in [2.45, 2.75) is 13.5 Å². The lowest BCUT2D eigenvalue weighted by Crippen LogP contribution is -2.23. The fraction of sp³-hybridized carbons (Fsp3) is 0.214. The molecular weight excluding hydrogens is 246 g/mol. The summed E-state index contributed by atoms with van der Waals surface area (Å²) in [6.07, 6.45) is 0. The van der Waals surface area contributed by atoms with Crippen LogP contribution in [-0.4, -0.2) is 12.5 Å². The third kappa shape index (κ3) is 3.11. The molecule has 0 aliphatic heterocycles. The van der Waals surface area contributed by atoms with Gasteiger partial charge in [0.25, 0.3) is 5.91 Å². The van der Waals surface area contributed by atoms with Crippen LogP contribution in [0.15, 0.2) is 41.8 Å². The van der Waals surface area contributed by atoms with Gasteiger partial charge in [0.05, 0.1) is 18.7 Å². The summed E-state index contributed by atoms with van der Waals surface area (Å²) in [5, 5.41) is 4.89. The molecule has 4 heteroatoms. The Morgan fingerprint density at radius 1 is 1.28 bits per heavy atom. The zero-order chi connectivity index (χ0) is 12.8. The van der Waals surface area contributed by atoms with Crippen molar-refractivity contribution < 1.29 is 9.53 Å². The molecule has 0 bridgehead atoms. The van der Waals surface area contributed by atoms with Crippen LogP contribution < -0.4 is 10.1 Å². The van der Waals surface area contributed by atoms with E-state index in [1.165, 1.54) is 0 Å². The number of carbonyl (C=O) groups excluding carboxylic acids is 1. The van der Waals surface area contributed by atoms with Crippen LogP contribution in [0.1, 0.15) is 22.2 Å². The second kappa shape index (κ2) is 6.21. The Morgan fingerprint density at radius 2 is 2.11 bits per heavy atom. The summed E-state index contributed by atoms with van der Waals surface area (Å²) < 4.78 is 5.44. The SMILES string of the molecule is CCOc1ccccc1C(=O)NCc1cccs1. The van der Waals surface area contributed by atoms with Crippen molar-refractivity contribution in [3.05, 3.63) is 52.2 Å². The predicted octanol–water partition coefficient (Wildman–Crippen LogP) is 3.08. The first-order valence-electron chi connectivity index (χ1n) is 5.83. The average Bonchev–Trinajstić information content (AvgIpc) is 2.90. The number of benzene rings is 1. The quantitative estimate of drug-likeness (QED) is 0.898. The van der Waals surface area contributed by atoms with Crippen molar-refractivity contribution in [2.75, 3.05) is 6.61 Å². The smallest absolute Gasteiger partial charge is 0.255 e. The van der Waals surface area contributed by atoms with Gasteiger partial charge in [-0.1, -0.05) is 18.2 Å². The Hall–Kier alpha value is -1.81. The molecule has 0 unspecified atom stereocenters. The molecule has 1 amide bonds. The van der Waals surface area contributed by atoms with Crippen LogP contribution in [0.2, 0.25) is 0 Å². The van der Waals surface area contributed by atoms with E-state index in [1.54, 1.807) is 17.4 Å². The minimum absolute atomic E-state index is 0.104. The highest BCUT2D eigenvalue weighted by molar-refractivity contribution is 7.09. The van der Waals surface area contributed by atoms with E-state index in [0.717, 1.165) is 4.88 Å². The van der Waals surface area contributed by atoms with Crippen LogP contribution in [0.3, 0.4) is 0 Å². The standard InChI is InChI=1S/C14H15NO2S/c1-2-17-13-8-4-3-7-12(13)14(16)15-10-11-6-5-9-18-11/h3-9H,2,10H2,1H3,(H,15,16). The summed E-state index contributed by atoms with van der Waals surface area (Å²) in [7, 11) is 0. The van der Waals surface area contributed by atoms with Gasteiger partial charge >= 0.3 is 0 Å². The first-order valence-corrected chi connectivity index (χ1v) is 6.71. The monoisotopic (exact) mass is 261 g/mol. The molecule has 2 rings (SSSR count). The molecule has 0 aliphatic rings. The maximum absolute atomic E-state index is 12.0. The molecule has 94 valence electrons.